The first-order valence-corrected chi connectivity index (χ1v) is 7.63. The average Bonchev–Trinajstić information content (AvgIpc) is 2.96. The van der Waals surface area contributed by atoms with Crippen molar-refractivity contribution < 1.29 is 19.3 Å². The summed E-state index contributed by atoms with van der Waals surface area (Å²) in [5, 5.41) is 9.24. The van der Waals surface area contributed by atoms with E-state index in [1.54, 1.807) is 7.11 Å². The van der Waals surface area contributed by atoms with Gasteiger partial charge in [-0.05, 0) is 31.9 Å². The minimum atomic E-state index is 0.249. The molecule has 2 aliphatic heterocycles. The maximum absolute atomic E-state index is 9.24. The molecule has 3 rings (SSSR count). The van der Waals surface area contributed by atoms with Gasteiger partial charge in [-0.1, -0.05) is 6.42 Å². The lowest BCUT2D eigenvalue weighted by Gasteiger charge is -2.35. The number of fused-ring (bicyclic) bond motifs is 1. The molecule has 1 saturated heterocycles. The molecule has 2 heterocycles. The fourth-order valence-electron chi connectivity index (χ4n) is 3.24. The lowest BCUT2D eigenvalue weighted by atomic mass is 9.98. The molecule has 21 heavy (non-hydrogen) atoms. The van der Waals surface area contributed by atoms with Crippen molar-refractivity contribution in [2.24, 2.45) is 0 Å². The fraction of sp³-hybridized carbons (Fsp3) is 0.625. The van der Waals surface area contributed by atoms with Crippen molar-refractivity contribution in [3.63, 3.8) is 0 Å². The van der Waals surface area contributed by atoms with Crippen LogP contribution in [-0.4, -0.2) is 43.1 Å². The fourth-order valence-corrected chi connectivity index (χ4v) is 3.24. The molecular formula is C16H23NO4. The molecule has 0 radical (unpaired) electrons. The van der Waals surface area contributed by atoms with Gasteiger partial charge in [0.2, 0.25) is 6.79 Å². The molecule has 1 aromatic carbocycles. The molecule has 2 aliphatic rings. The Labute approximate surface area is 125 Å². The number of benzene rings is 1. The van der Waals surface area contributed by atoms with E-state index in [4.69, 9.17) is 14.2 Å². The third-order valence-electron chi connectivity index (χ3n) is 4.36. The summed E-state index contributed by atoms with van der Waals surface area (Å²) in [6.45, 7) is 2.42. The Balaban J connectivity index is 1.79. The molecule has 0 aromatic heterocycles. The third-order valence-corrected chi connectivity index (χ3v) is 4.36. The SMILES string of the molecule is COc1cc2c(cc1CN1CCCCC1CCO)OCO2. The normalized spacial score (nSPS) is 21.5. The van der Waals surface area contributed by atoms with Gasteiger partial charge < -0.3 is 19.3 Å². The van der Waals surface area contributed by atoms with Crippen LogP contribution >= 0.6 is 0 Å². The van der Waals surface area contributed by atoms with Crippen LogP contribution in [-0.2, 0) is 6.54 Å². The highest BCUT2D eigenvalue weighted by molar-refractivity contribution is 5.51. The molecular weight excluding hydrogens is 270 g/mol. The van der Waals surface area contributed by atoms with Crippen LogP contribution < -0.4 is 14.2 Å². The maximum atomic E-state index is 9.24. The number of rotatable bonds is 5. The number of methoxy groups -OCH3 is 1. The summed E-state index contributed by atoms with van der Waals surface area (Å²) in [5.74, 6) is 2.38. The zero-order chi connectivity index (χ0) is 14.7. The van der Waals surface area contributed by atoms with E-state index in [0.717, 1.165) is 48.7 Å². The van der Waals surface area contributed by atoms with Gasteiger partial charge >= 0.3 is 0 Å². The minimum absolute atomic E-state index is 0.249. The Hall–Kier alpha value is -1.46. The lowest BCUT2D eigenvalue weighted by molar-refractivity contribution is 0.111. The molecule has 1 fully saturated rings. The highest BCUT2D eigenvalue weighted by Gasteiger charge is 2.24. The summed E-state index contributed by atoms with van der Waals surface area (Å²) in [4.78, 5) is 2.44. The molecule has 0 saturated carbocycles. The number of likely N-dealkylation sites (tertiary alicyclic amines) is 1. The molecule has 1 aromatic rings. The van der Waals surface area contributed by atoms with E-state index in [-0.39, 0.29) is 13.4 Å². The van der Waals surface area contributed by atoms with Gasteiger partial charge in [-0.15, -0.1) is 0 Å². The molecule has 5 heteroatoms. The first kappa shape index (κ1) is 14.5. The van der Waals surface area contributed by atoms with Crippen molar-refractivity contribution in [2.75, 3.05) is 27.1 Å². The molecule has 0 aliphatic carbocycles. The zero-order valence-electron chi connectivity index (χ0n) is 12.5. The Bertz CT molecular complexity index is 489. The number of hydrogen-bond donors (Lipinski definition) is 1. The second-order valence-corrected chi connectivity index (χ2v) is 5.65. The van der Waals surface area contributed by atoms with Crippen molar-refractivity contribution in [1.82, 2.24) is 4.90 Å². The first-order valence-electron chi connectivity index (χ1n) is 7.63. The van der Waals surface area contributed by atoms with Crippen LogP contribution in [0.1, 0.15) is 31.2 Å². The van der Waals surface area contributed by atoms with Crippen LogP contribution in [0.5, 0.6) is 17.2 Å². The quantitative estimate of drug-likeness (QED) is 0.901. The minimum Gasteiger partial charge on any atom is -0.496 e. The predicted octanol–water partition coefficient (Wildman–Crippen LogP) is 2.16. The van der Waals surface area contributed by atoms with Gasteiger partial charge in [0.25, 0.3) is 0 Å². The van der Waals surface area contributed by atoms with Gasteiger partial charge in [0.15, 0.2) is 11.5 Å². The van der Waals surface area contributed by atoms with Crippen LogP contribution in [0.15, 0.2) is 12.1 Å². The summed E-state index contributed by atoms with van der Waals surface area (Å²) in [5.41, 5.74) is 1.12. The van der Waals surface area contributed by atoms with E-state index in [1.165, 1.54) is 12.8 Å². The van der Waals surface area contributed by atoms with Crippen molar-refractivity contribution in [1.29, 1.82) is 0 Å². The van der Waals surface area contributed by atoms with E-state index >= 15 is 0 Å². The molecule has 0 spiro atoms. The summed E-state index contributed by atoms with van der Waals surface area (Å²) in [7, 11) is 1.68. The molecule has 0 amide bonds. The maximum Gasteiger partial charge on any atom is 0.231 e. The van der Waals surface area contributed by atoms with Gasteiger partial charge in [-0.25, -0.2) is 0 Å². The second kappa shape index (κ2) is 6.54. The molecule has 0 bridgehead atoms. The highest BCUT2D eigenvalue weighted by Crippen LogP contribution is 2.39. The Kier molecular flexibility index (Phi) is 4.51. The van der Waals surface area contributed by atoms with E-state index in [1.807, 2.05) is 12.1 Å². The number of piperidine rings is 1. The van der Waals surface area contributed by atoms with Crippen LogP contribution in [0.4, 0.5) is 0 Å². The molecule has 116 valence electrons. The van der Waals surface area contributed by atoms with Crippen LogP contribution in [0, 0.1) is 0 Å². The molecule has 1 atom stereocenters. The summed E-state index contributed by atoms with van der Waals surface area (Å²) in [6, 6.07) is 4.38. The number of aliphatic hydroxyl groups is 1. The Morgan fingerprint density at radius 2 is 2.10 bits per heavy atom. The Morgan fingerprint density at radius 3 is 2.86 bits per heavy atom. The van der Waals surface area contributed by atoms with Crippen LogP contribution in [0.2, 0.25) is 0 Å². The van der Waals surface area contributed by atoms with E-state index in [2.05, 4.69) is 4.90 Å². The van der Waals surface area contributed by atoms with Crippen molar-refractivity contribution in [3.8, 4) is 17.2 Å². The lowest BCUT2D eigenvalue weighted by Crippen LogP contribution is -2.39. The average molecular weight is 293 g/mol. The monoisotopic (exact) mass is 293 g/mol. The smallest absolute Gasteiger partial charge is 0.231 e. The van der Waals surface area contributed by atoms with Gasteiger partial charge in [-0.2, -0.15) is 0 Å². The molecule has 1 N–H and O–H groups in total. The van der Waals surface area contributed by atoms with Gasteiger partial charge in [-0.3, -0.25) is 4.90 Å². The van der Waals surface area contributed by atoms with Crippen molar-refractivity contribution in [3.05, 3.63) is 17.7 Å². The topological polar surface area (TPSA) is 51.2 Å². The first-order chi connectivity index (χ1) is 10.3. The van der Waals surface area contributed by atoms with E-state index in [0.29, 0.717) is 6.04 Å². The molecule has 1 unspecified atom stereocenters. The van der Waals surface area contributed by atoms with E-state index < -0.39 is 0 Å². The largest absolute Gasteiger partial charge is 0.496 e. The number of hydrogen-bond acceptors (Lipinski definition) is 5. The second-order valence-electron chi connectivity index (χ2n) is 5.65. The van der Waals surface area contributed by atoms with Crippen molar-refractivity contribution in [2.45, 2.75) is 38.3 Å². The molecule has 5 nitrogen and oxygen atoms in total. The van der Waals surface area contributed by atoms with E-state index in [9.17, 15) is 5.11 Å². The van der Waals surface area contributed by atoms with Crippen molar-refractivity contribution >= 4 is 0 Å². The summed E-state index contributed by atoms with van der Waals surface area (Å²) < 4.78 is 16.4. The van der Waals surface area contributed by atoms with Gasteiger partial charge in [0, 0.05) is 30.8 Å². The Morgan fingerprint density at radius 1 is 1.29 bits per heavy atom. The van der Waals surface area contributed by atoms with Crippen LogP contribution in [0.25, 0.3) is 0 Å². The summed E-state index contributed by atoms with van der Waals surface area (Å²) in [6.07, 6.45) is 4.47. The predicted molar refractivity (Wildman–Crippen MR) is 78.9 cm³/mol. The van der Waals surface area contributed by atoms with Gasteiger partial charge in [0.05, 0.1) is 7.11 Å². The summed E-state index contributed by atoms with van der Waals surface area (Å²) >= 11 is 0. The number of ether oxygens (including phenoxy) is 3. The third kappa shape index (κ3) is 3.09. The van der Waals surface area contributed by atoms with Crippen LogP contribution in [0.3, 0.4) is 0 Å². The number of aliphatic hydroxyl groups excluding tert-OH is 1. The zero-order valence-corrected chi connectivity index (χ0v) is 12.5. The highest BCUT2D eigenvalue weighted by atomic mass is 16.7. The van der Waals surface area contributed by atoms with Gasteiger partial charge in [0.1, 0.15) is 5.75 Å². The number of nitrogens with zero attached hydrogens (tertiary/aromatic N) is 1. The standard InChI is InChI=1S/C16H23NO4/c1-19-14-9-16-15(20-11-21-16)8-12(14)10-17-6-3-2-4-13(17)5-7-18/h8-9,13,18H,2-7,10-11H2,1H3.